The minimum atomic E-state index is -0.904. The van der Waals surface area contributed by atoms with Gasteiger partial charge in [0, 0.05) is 5.69 Å². The van der Waals surface area contributed by atoms with E-state index in [9.17, 15) is 14.0 Å². The van der Waals surface area contributed by atoms with Crippen LogP contribution in [0, 0.1) is 17.7 Å². The third-order valence-corrected chi connectivity index (χ3v) is 2.50. The molecule has 18 heavy (non-hydrogen) atoms. The van der Waals surface area contributed by atoms with Crippen molar-refractivity contribution in [3.8, 4) is 0 Å². The molecule has 1 aromatic rings. The molecule has 0 spiro atoms. The lowest BCUT2D eigenvalue weighted by Crippen LogP contribution is -2.34. The standard InChI is InChI=1S/C13H16FNO3/c1-8(2)11(13(17)18-3)12(16)15-10-6-4-5-9(14)7-10/h4-8,11H,1-3H3,(H,15,16). The van der Waals surface area contributed by atoms with E-state index >= 15 is 0 Å². The summed E-state index contributed by atoms with van der Waals surface area (Å²) in [5.41, 5.74) is 0.314. The van der Waals surface area contributed by atoms with Gasteiger partial charge in [-0.15, -0.1) is 0 Å². The van der Waals surface area contributed by atoms with Crippen LogP contribution < -0.4 is 5.32 Å². The first kappa shape index (κ1) is 14.2. The number of benzene rings is 1. The molecule has 0 fully saturated rings. The van der Waals surface area contributed by atoms with Crippen molar-refractivity contribution in [3.05, 3.63) is 30.1 Å². The Kier molecular flexibility index (Phi) is 4.83. The number of esters is 1. The van der Waals surface area contributed by atoms with Gasteiger partial charge < -0.3 is 10.1 Å². The van der Waals surface area contributed by atoms with Gasteiger partial charge in [-0.25, -0.2) is 4.39 Å². The maximum atomic E-state index is 13.0. The van der Waals surface area contributed by atoms with Crippen LogP contribution in [0.15, 0.2) is 24.3 Å². The highest BCUT2D eigenvalue weighted by atomic mass is 19.1. The summed E-state index contributed by atoms with van der Waals surface area (Å²) in [5.74, 6) is -2.66. The summed E-state index contributed by atoms with van der Waals surface area (Å²) < 4.78 is 17.5. The fourth-order valence-electron chi connectivity index (χ4n) is 1.60. The third-order valence-electron chi connectivity index (χ3n) is 2.50. The van der Waals surface area contributed by atoms with Crippen LogP contribution in [0.3, 0.4) is 0 Å². The second kappa shape index (κ2) is 6.14. The molecule has 0 heterocycles. The van der Waals surface area contributed by atoms with Crippen LogP contribution >= 0.6 is 0 Å². The molecule has 4 nitrogen and oxygen atoms in total. The van der Waals surface area contributed by atoms with Gasteiger partial charge in [-0.05, 0) is 24.1 Å². The second-order valence-corrected chi connectivity index (χ2v) is 4.24. The first-order chi connectivity index (χ1) is 8.45. The molecule has 1 unspecified atom stereocenters. The van der Waals surface area contributed by atoms with Gasteiger partial charge in [-0.1, -0.05) is 19.9 Å². The summed E-state index contributed by atoms with van der Waals surface area (Å²) in [5, 5.41) is 2.50. The zero-order valence-electron chi connectivity index (χ0n) is 10.6. The van der Waals surface area contributed by atoms with Gasteiger partial charge in [0.25, 0.3) is 0 Å². The van der Waals surface area contributed by atoms with E-state index in [2.05, 4.69) is 10.1 Å². The molecule has 0 aliphatic carbocycles. The largest absolute Gasteiger partial charge is 0.468 e. The van der Waals surface area contributed by atoms with E-state index < -0.39 is 23.6 Å². The molecule has 1 amide bonds. The molecule has 1 aromatic carbocycles. The van der Waals surface area contributed by atoms with Gasteiger partial charge >= 0.3 is 5.97 Å². The molecule has 1 atom stereocenters. The Morgan fingerprint density at radius 3 is 2.50 bits per heavy atom. The van der Waals surface area contributed by atoms with Crippen LogP contribution in [0.5, 0.6) is 0 Å². The van der Waals surface area contributed by atoms with Crippen molar-refractivity contribution in [1.82, 2.24) is 0 Å². The Morgan fingerprint density at radius 2 is 2.00 bits per heavy atom. The fourth-order valence-corrected chi connectivity index (χ4v) is 1.60. The summed E-state index contributed by atoms with van der Waals surface area (Å²) in [6.45, 7) is 3.49. The van der Waals surface area contributed by atoms with E-state index in [4.69, 9.17) is 0 Å². The molecule has 5 heteroatoms. The Morgan fingerprint density at radius 1 is 1.33 bits per heavy atom. The molecule has 0 saturated carbocycles. The van der Waals surface area contributed by atoms with Crippen molar-refractivity contribution in [2.24, 2.45) is 11.8 Å². The molecule has 0 aromatic heterocycles. The van der Waals surface area contributed by atoms with Crippen molar-refractivity contribution in [2.75, 3.05) is 12.4 Å². The highest BCUT2D eigenvalue weighted by Crippen LogP contribution is 2.17. The predicted octanol–water partition coefficient (Wildman–Crippen LogP) is 2.21. The topological polar surface area (TPSA) is 55.4 Å². The Hall–Kier alpha value is -1.91. The molecular formula is C13H16FNO3. The van der Waals surface area contributed by atoms with E-state index in [1.54, 1.807) is 19.9 Å². The lowest BCUT2D eigenvalue weighted by atomic mass is 9.95. The monoisotopic (exact) mass is 253 g/mol. The molecule has 0 saturated heterocycles. The first-order valence-corrected chi connectivity index (χ1v) is 5.60. The molecule has 0 aliphatic rings. The Labute approximate surface area is 105 Å². The fraction of sp³-hybridized carbons (Fsp3) is 0.385. The number of hydrogen-bond donors (Lipinski definition) is 1. The molecular weight excluding hydrogens is 237 g/mol. The number of rotatable bonds is 4. The van der Waals surface area contributed by atoms with E-state index in [1.807, 2.05) is 0 Å². The summed E-state index contributed by atoms with van der Waals surface area (Å²) in [7, 11) is 1.23. The minimum Gasteiger partial charge on any atom is -0.468 e. The molecule has 98 valence electrons. The normalized spacial score (nSPS) is 12.1. The van der Waals surface area contributed by atoms with Gasteiger partial charge in [-0.3, -0.25) is 9.59 Å². The maximum Gasteiger partial charge on any atom is 0.318 e. The number of amides is 1. The second-order valence-electron chi connectivity index (χ2n) is 4.24. The zero-order valence-corrected chi connectivity index (χ0v) is 10.6. The van der Waals surface area contributed by atoms with Gasteiger partial charge in [0.1, 0.15) is 11.7 Å². The highest BCUT2D eigenvalue weighted by molar-refractivity contribution is 6.04. The van der Waals surface area contributed by atoms with E-state index in [1.165, 1.54) is 25.3 Å². The van der Waals surface area contributed by atoms with Crippen molar-refractivity contribution in [3.63, 3.8) is 0 Å². The quantitative estimate of drug-likeness (QED) is 0.661. The summed E-state index contributed by atoms with van der Waals surface area (Å²) in [6.07, 6.45) is 0. The van der Waals surface area contributed by atoms with E-state index in [0.29, 0.717) is 5.69 Å². The lowest BCUT2D eigenvalue weighted by Gasteiger charge is -2.17. The van der Waals surface area contributed by atoms with E-state index in [-0.39, 0.29) is 5.92 Å². The smallest absolute Gasteiger partial charge is 0.318 e. The van der Waals surface area contributed by atoms with Gasteiger partial charge in [-0.2, -0.15) is 0 Å². The highest BCUT2D eigenvalue weighted by Gasteiger charge is 2.30. The number of halogens is 1. The third kappa shape index (κ3) is 3.55. The number of nitrogens with one attached hydrogen (secondary N) is 1. The van der Waals surface area contributed by atoms with Crippen LogP contribution in [0.1, 0.15) is 13.8 Å². The number of hydrogen-bond acceptors (Lipinski definition) is 3. The van der Waals surface area contributed by atoms with Crippen molar-refractivity contribution in [1.29, 1.82) is 0 Å². The van der Waals surface area contributed by atoms with Crippen molar-refractivity contribution < 1.29 is 18.7 Å². The summed E-state index contributed by atoms with van der Waals surface area (Å²) >= 11 is 0. The SMILES string of the molecule is COC(=O)C(C(=O)Nc1cccc(F)c1)C(C)C. The van der Waals surface area contributed by atoms with Gasteiger partial charge in [0.05, 0.1) is 7.11 Å². The van der Waals surface area contributed by atoms with Crippen LogP contribution in [-0.2, 0) is 14.3 Å². The number of carbonyl (C=O) groups is 2. The molecule has 0 bridgehead atoms. The Bertz CT molecular complexity index is 446. The van der Waals surface area contributed by atoms with Crippen LogP contribution in [0.25, 0.3) is 0 Å². The van der Waals surface area contributed by atoms with Gasteiger partial charge in [0.2, 0.25) is 5.91 Å². The summed E-state index contributed by atoms with van der Waals surface area (Å²) in [6, 6.07) is 5.49. The van der Waals surface area contributed by atoms with Crippen molar-refractivity contribution in [2.45, 2.75) is 13.8 Å². The average Bonchev–Trinajstić information content (AvgIpc) is 2.28. The maximum absolute atomic E-state index is 13.0. The van der Waals surface area contributed by atoms with Crippen LogP contribution in [0.2, 0.25) is 0 Å². The Balaban J connectivity index is 2.82. The molecule has 0 aliphatic heterocycles. The number of methoxy groups -OCH3 is 1. The number of ether oxygens (including phenoxy) is 1. The summed E-state index contributed by atoms with van der Waals surface area (Å²) in [4.78, 5) is 23.4. The molecule has 1 N–H and O–H groups in total. The van der Waals surface area contributed by atoms with Crippen LogP contribution in [-0.4, -0.2) is 19.0 Å². The van der Waals surface area contributed by atoms with E-state index in [0.717, 1.165) is 0 Å². The first-order valence-electron chi connectivity index (χ1n) is 5.60. The van der Waals surface area contributed by atoms with Crippen molar-refractivity contribution >= 4 is 17.6 Å². The lowest BCUT2D eigenvalue weighted by molar-refractivity contribution is -0.150. The number of carbonyl (C=O) groups excluding carboxylic acids is 2. The molecule has 0 radical (unpaired) electrons. The van der Waals surface area contributed by atoms with Crippen LogP contribution in [0.4, 0.5) is 10.1 Å². The predicted molar refractivity (Wildman–Crippen MR) is 65.4 cm³/mol. The van der Waals surface area contributed by atoms with Gasteiger partial charge in [0.15, 0.2) is 0 Å². The molecule has 1 rings (SSSR count). The average molecular weight is 253 g/mol. The zero-order chi connectivity index (χ0) is 13.7. The number of anilines is 1. The minimum absolute atomic E-state index is 0.203.